The highest BCUT2D eigenvalue weighted by Gasteiger charge is 2.08. The first-order valence-electron chi connectivity index (χ1n) is 7.36. The largest absolute Gasteiger partial charge is 0.262 e. The van der Waals surface area contributed by atoms with E-state index in [1.807, 2.05) is 19.2 Å². The average molecular weight is 277 g/mol. The predicted molar refractivity (Wildman–Crippen MR) is 85.2 cm³/mol. The third kappa shape index (κ3) is 3.07. The van der Waals surface area contributed by atoms with Crippen molar-refractivity contribution >= 4 is 10.9 Å². The van der Waals surface area contributed by atoms with Crippen LogP contribution >= 0.6 is 0 Å². The molecule has 0 spiro atoms. The monoisotopic (exact) mass is 277 g/mol. The number of aromatic nitrogens is 3. The van der Waals surface area contributed by atoms with Gasteiger partial charge in [-0.1, -0.05) is 37.3 Å². The fourth-order valence-electron chi connectivity index (χ4n) is 2.60. The van der Waals surface area contributed by atoms with E-state index in [1.54, 1.807) is 6.20 Å². The SMILES string of the molecule is Cc1nc(CCC(C)c2ccccc2)nc2cnccc12. The summed E-state index contributed by atoms with van der Waals surface area (Å²) in [5.41, 5.74) is 3.34. The Balaban J connectivity index is 1.76. The van der Waals surface area contributed by atoms with Crippen molar-refractivity contribution < 1.29 is 0 Å². The van der Waals surface area contributed by atoms with Crippen LogP contribution < -0.4 is 0 Å². The van der Waals surface area contributed by atoms with Gasteiger partial charge in [0.05, 0.1) is 11.7 Å². The second-order valence-corrected chi connectivity index (χ2v) is 5.47. The highest BCUT2D eigenvalue weighted by molar-refractivity contribution is 5.79. The van der Waals surface area contributed by atoms with Gasteiger partial charge in [0.1, 0.15) is 5.82 Å². The summed E-state index contributed by atoms with van der Waals surface area (Å²) in [6.07, 6.45) is 5.54. The Morgan fingerprint density at radius 1 is 1.05 bits per heavy atom. The molecule has 1 unspecified atom stereocenters. The summed E-state index contributed by atoms with van der Waals surface area (Å²) in [6.45, 7) is 4.29. The topological polar surface area (TPSA) is 38.7 Å². The van der Waals surface area contributed by atoms with Crippen LogP contribution in [0.25, 0.3) is 10.9 Å². The first kappa shape index (κ1) is 13.7. The van der Waals surface area contributed by atoms with Crippen LogP contribution in [0.4, 0.5) is 0 Å². The van der Waals surface area contributed by atoms with Crippen LogP contribution in [0.15, 0.2) is 48.8 Å². The molecule has 3 nitrogen and oxygen atoms in total. The van der Waals surface area contributed by atoms with Gasteiger partial charge in [-0.05, 0) is 30.9 Å². The van der Waals surface area contributed by atoms with E-state index in [2.05, 4.69) is 52.2 Å². The molecule has 21 heavy (non-hydrogen) atoms. The molecule has 0 saturated heterocycles. The van der Waals surface area contributed by atoms with Gasteiger partial charge in [0.25, 0.3) is 0 Å². The van der Waals surface area contributed by atoms with Crippen LogP contribution in [0.3, 0.4) is 0 Å². The van der Waals surface area contributed by atoms with Crippen molar-refractivity contribution in [3.63, 3.8) is 0 Å². The Labute approximate surface area is 125 Å². The summed E-state index contributed by atoms with van der Waals surface area (Å²) in [5, 5.41) is 1.09. The van der Waals surface area contributed by atoms with Gasteiger partial charge < -0.3 is 0 Å². The molecule has 1 aromatic carbocycles. The Morgan fingerprint density at radius 3 is 2.67 bits per heavy atom. The van der Waals surface area contributed by atoms with E-state index in [4.69, 9.17) is 0 Å². The molecule has 0 aliphatic carbocycles. The number of hydrogen-bond donors (Lipinski definition) is 0. The van der Waals surface area contributed by atoms with Gasteiger partial charge in [0, 0.05) is 23.7 Å². The smallest absolute Gasteiger partial charge is 0.129 e. The van der Waals surface area contributed by atoms with Gasteiger partial charge in [-0.15, -0.1) is 0 Å². The van der Waals surface area contributed by atoms with Crippen molar-refractivity contribution in [2.75, 3.05) is 0 Å². The van der Waals surface area contributed by atoms with Crippen molar-refractivity contribution in [2.45, 2.75) is 32.6 Å². The molecule has 2 aromatic heterocycles. The van der Waals surface area contributed by atoms with Crippen molar-refractivity contribution in [3.05, 3.63) is 65.9 Å². The number of fused-ring (bicyclic) bond motifs is 1. The molecule has 0 aliphatic heterocycles. The van der Waals surface area contributed by atoms with Gasteiger partial charge in [-0.2, -0.15) is 0 Å². The quantitative estimate of drug-likeness (QED) is 0.721. The van der Waals surface area contributed by atoms with E-state index in [9.17, 15) is 0 Å². The normalized spacial score (nSPS) is 12.5. The Bertz CT molecular complexity index is 738. The highest BCUT2D eigenvalue weighted by Crippen LogP contribution is 2.21. The van der Waals surface area contributed by atoms with E-state index in [0.29, 0.717) is 5.92 Å². The standard InChI is InChI=1S/C18H19N3/c1-13(15-6-4-3-5-7-15)8-9-18-20-14(2)16-10-11-19-12-17(16)21-18/h3-7,10-13H,8-9H2,1-2H3. The molecule has 106 valence electrons. The second-order valence-electron chi connectivity index (χ2n) is 5.47. The Hall–Kier alpha value is -2.29. The van der Waals surface area contributed by atoms with Gasteiger partial charge in [-0.25, -0.2) is 9.97 Å². The zero-order valence-corrected chi connectivity index (χ0v) is 12.5. The fourth-order valence-corrected chi connectivity index (χ4v) is 2.60. The number of benzene rings is 1. The second kappa shape index (κ2) is 6.00. The van der Waals surface area contributed by atoms with E-state index in [0.717, 1.165) is 35.3 Å². The van der Waals surface area contributed by atoms with Crippen molar-refractivity contribution in [1.82, 2.24) is 15.0 Å². The minimum absolute atomic E-state index is 0.514. The lowest BCUT2D eigenvalue weighted by Gasteiger charge is -2.11. The minimum atomic E-state index is 0.514. The highest BCUT2D eigenvalue weighted by atomic mass is 14.9. The van der Waals surface area contributed by atoms with E-state index >= 15 is 0 Å². The molecular formula is C18H19N3. The molecule has 0 aliphatic rings. The lowest BCUT2D eigenvalue weighted by atomic mass is 9.96. The minimum Gasteiger partial charge on any atom is -0.262 e. The number of hydrogen-bond acceptors (Lipinski definition) is 3. The summed E-state index contributed by atoms with van der Waals surface area (Å²) in [5.74, 6) is 1.43. The lowest BCUT2D eigenvalue weighted by Crippen LogP contribution is -2.02. The molecule has 0 saturated carbocycles. The number of rotatable bonds is 4. The summed E-state index contributed by atoms with van der Waals surface area (Å²) < 4.78 is 0. The van der Waals surface area contributed by atoms with Crippen molar-refractivity contribution in [2.24, 2.45) is 0 Å². The molecule has 0 N–H and O–H groups in total. The molecule has 3 aromatic rings. The first-order valence-corrected chi connectivity index (χ1v) is 7.36. The Kier molecular flexibility index (Phi) is 3.91. The molecule has 0 amide bonds. The van der Waals surface area contributed by atoms with Gasteiger partial charge in [-0.3, -0.25) is 4.98 Å². The van der Waals surface area contributed by atoms with Crippen LogP contribution in [0.1, 0.15) is 36.3 Å². The number of aryl methyl sites for hydroxylation is 2. The average Bonchev–Trinajstić information content (AvgIpc) is 2.53. The third-order valence-electron chi connectivity index (χ3n) is 3.91. The van der Waals surface area contributed by atoms with Crippen LogP contribution in [0.5, 0.6) is 0 Å². The van der Waals surface area contributed by atoms with Crippen LogP contribution in [-0.2, 0) is 6.42 Å². The first-order chi connectivity index (χ1) is 10.2. The van der Waals surface area contributed by atoms with Crippen molar-refractivity contribution in [1.29, 1.82) is 0 Å². The van der Waals surface area contributed by atoms with Crippen LogP contribution in [0, 0.1) is 6.92 Å². The molecular weight excluding hydrogens is 258 g/mol. The molecule has 1 atom stereocenters. The molecule has 0 fully saturated rings. The van der Waals surface area contributed by atoms with Gasteiger partial charge in [0.2, 0.25) is 0 Å². The molecule has 3 heteroatoms. The van der Waals surface area contributed by atoms with E-state index in [-0.39, 0.29) is 0 Å². The Morgan fingerprint density at radius 2 is 1.86 bits per heavy atom. The molecule has 2 heterocycles. The summed E-state index contributed by atoms with van der Waals surface area (Å²) in [4.78, 5) is 13.4. The summed E-state index contributed by atoms with van der Waals surface area (Å²) >= 11 is 0. The fraction of sp³-hybridized carbons (Fsp3) is 0.278. The van der Waals surface area contributed by atoms with E-state index < -0.39 is 0 Å². The van der Waals surface area contributed by atoms with Crippen LogP contribution in [-0.4, -0.2) is 15.0 Å². The van der Waals surface area contributed by atoms with Crippen LogP contribution in [0.2, 0.25) is 0 Å². The number of pyridine rings is 1. The predicted octanol–water partition coefficient (Wildman–Crippen LogP) is 4.07. The number of nitrogens with zero attached hydrogens (tertiary/aromatic N) is 3. The zero-order chi connectivity index (χ0) is 14.7. The maximum atomic E-state index is 4.63. The summed E-state index contributed by atoms with van der Waals surface area (Å²) in [7, 11) is 0. The maximum Gasteiger partial charge on any atom is 0.129 e. The maximum absolute atomic E-state index is 4.63. The van der Waals surface area contributed by atoms with Crippen molar-refractivity contribution in [3.8, 4) is 0 Å². The molecule has 0 bridgehead atoms. The van der Waals surface area contributed by atoms with E-state index in [1.165, 1.54) is 5.56 Å². The molecule has 0 radical (unpaired) electrons. The van der Waals surface area contributed by atoms with Gasteiger partial charge >= 0.3 is 0 Å². The summed E-state index contributed by atoms with van der Waals surface area (Å²) in [6, 6.07) is 12.6. The molecule has 3 rings (SSSR count). The zero-order valence-electron chi connectivity index (χ0n) is 12.5. The third-order valence-corrected chi connectivity index (χ3v) is 3.91. The van der Waals surface area contributed by atoms with Gasteiger partial charge in [0.15, 0.2) is 0 Å². The lowest BCUT2D eigenvalue weighted by molar-refractivity contribution is 0.659.